The Morgan fingerprint density at radius 3 is 2.92 bits per heavy atom. The number of rotatable bonds is 5. The molecule has 0 aliphatic carbocycles. The lowest BCUT2D eigenvalue weighted by Gasteiger charge is -2.09. The zero-order chi connectivity index (χ0) is 9.52. The van der Waals surface area contributed by atoms with Crippen molar-refractivity contribution in [3.05, 3.63) is 30.1 Å². The van der Waals surface area contributed by atoms with Crippen LogP contribution < -0.4 is 0 Å². The van der Waals surface area contributed by atoms with E-state index in [1.165, 1.54) is 0 Å². The summed E-state index contributed by atoms with van der Waals surface area (Å²) in [5, 5.41) is 0. The van der Waals surface area contributed by atoms with Gasteiger partial charge >= 0.3 is 0 Å². The zero-order valence-corrected chi connectivity index (χ0v) is 8.23. The predicted molar refractivity (Wildman–Crippen MR) is 52.4 cm³/mol. The van der Waals surface area contributed by atoms with E-state index >= 15 is 0 Å². The third-order valence-electron chi connectivity index (χ3n) is 1.67. The molecule has 3 nitrogen and oxygen atoms in total. The fourth-order valence-electron chi connectivity index (χ4n) is 0.921. The maximum absolute atomic E-state index is 5.45. The minimum atomic E-state index is 0.654. The Morgan fingerprint density at radius 2 is 2.31 bits per heavy atom. The molecule has 0 saturated carbocycles. The molecule has 13 heavy (non-hydrogen) atoms. The summed E-state index contributed by atoms with van der Waals surface area (Å²) in [5.74, 6) is 0. The molecule has 0 saturated heterocycles. The third-order valence-corrected chi connectivity index (χ3v) is 1.67. The van der Waals surface area contributed by atoms with Gasteiger partial charge in [-0.05, 0) is 25.7 Å². The number of aromatic nitrogens is 1. The molecule has 3 heteroatoms. The Bertz CT molecular complexity index is 224. The molecule has 0 aliphatic heterocycles. The van der Waals surface area contributed by atoms with Gasteiger partial charge in [-0.2, -0.15) is 0 Å². The molecule has 0 spiro atoms. The van der Waals surface area contributed by atoms with Crippen LogP contribution in [0, 0.1) is 0 Å². The average molecular weight is 180 g/mol. The highest BCUT2D eigenvalue weighted by atomic mass is 16.5. The van der Waals surface area contributed by atoms with Gasteiger partial charge in [0.1, 0.15) is 0 Å². The molecule has 0 radical (unpaired) electrons. The number of hydrogen-bond acceptors (Lipinski definition) is 3. The standard InChI is InChI=1S/C10H16N2O/c1-12(2)6-7-13-9-10-4-3-5-11-8-10/h3-5,8H,6-7,9H2,1-2H3. The van der Waals surface area contributed by atoms with Crippen LogP contribution in [0.5, 0.6) is 0 Å². The second-order valence-electron chi connectivity index (χ2n) is 3.22. The minimum Gasteiger partial charge on any atom is -0.375 e. The van der Waals surface area contributed by atoms with E-state index in [-0.39, 0.29) is 0 Å². The summed E-state index contributed by atoms with van der Waals surface area (Å²) in [4.78, 5) is 6.11. The lowest BCUT2D eigenvalue weighted by Crippen LogP contribution is -2.17. The van der Waals surface area contributed by atoms with Crippen LogP contribution in [-0.4, -0.2) is 37.1 Å². The molecule has 0 amide bonds. The van der Waals surface area contributed by atoms with Crippen LogP contribution in [0.2, 0.25) is 0 Å². The summed E-state index contributed by atoms with van der Waals surface area (Å²) in [6.07, 6.45) is 3.60. The lowest BCUT2D eigenvalue weighted by molar-refractivity contribution is 0.105. The highest BCUT2D eigenvalue weighted by Crippen LogP contribution is 1.97. The summed E-state index contributed by atoms with van der Waals surface area (Å²) < 4.78 is 5.45. The fourth-order valence-corrected chi connectivity index (χ4v) is 0.921. The first kappa shape index (κ1) is 10.2. The van der Waals surface area contributed by atoms with E-state index in [2.05, 4.69) is 9.88 Å². The van der Waals surface area contributed by atoms with E-state index in [1.54, 1.807) is 6.20 Å². The summed E-state index contributed by atoms with van der Waals surface area (Å²) in [5.41, 5.74) is 1.13. The average Bonchev–Trinajstić information content (AvgIpc) is 2.14. The van der Waals surface area contributed by atoms with E-state index in [4.69, 9.17) is 4.74 Å². The highest BCUT2D eigenvalue weighted by molar-refractivity contribution is 5.06. The normalized spacial score (nSPS) is 10.7. The largest absolute Gasteiger partial charge is 0.375 e. The van der Waals surface area contributed by atoms with Crippen LogP contribution >= 0.6 is 0 Å². The Balaban J connectivity index is 2.13. The van der Waals surface area contributed by atoms with Crippen LogP contribution in [0.4, 0.5) is 0 Å². The maximum atomic E-state index is 5.45. The molecule has 1 heterocycles. The quantitative estimate of drug-likeness (QED) is 0.636. The monoisotopic (exact) mass is 180 g/mol. The second kappa shape index (κ2) is 5.67. The zero-order valence-electron chi connectivity index (χ0n) is 8.23. The summed E-state index contributed by atoms with van der Waals surface area (Å²) in [6.45, 7) is 2.38. The minimum absolute atomic E-state index is 0.654. The van der Waals surface area contributed by atoms with E-state index in [0.717, 1.165) is 18.7 Å². The maximum Gasteiger partial charge on any atom is 0.0732 e. The molecule has 0 fully saturated rings. The molecule has 0 bridgehead atoms. The van der Waals surface area contributed by atoms with Crippen LogP contribution in [0.25, 0.3) is 0 Å². The molecule has 0 aromatic carbocycles. The van der Waals surface area contributed by atoms with Crippen LogP contribution in [0.3, 0.4) is 0 Å². The summed E-state index contributed by atoms with van der Waals surface area (Å²) in [6, 6.07) is 3.94. The van der Waals surface area contributed by atoms with E-state index in [0.29, 0.717) is 6.61 Å². The van der Waals surface area contributed by atoms with Crippen molar-refractivity contribution in [2.75, 3.05) is 27.2 Å². The van der Waals surface area contributed by atoms with Gasteiger partial charge in [0.2, 0.25) is 0 Å². The molecule has 1 rings (SSSR count). The Kier molecular flexibility index (Phi) is 4.43. The molecule has 72 valence electrons. The predicted octanol–water partition coefficient (Wildman–Crippen LogP) is 1.16. The molecule has 1 aromatic heterocycles. The molecule has 1 aromatic rings. The van der Waals surface area contributed by atoms with E-state index < -0.39 is 0 Å². The first-order chi connectivity index (χ1) is 6.29. The molecule has 0 unspecified atom stereocenters. The number of likely N-dealkylation sites (N-methyl/N-ethyl adjacent to an activating group) is 1. The number of hydrogen-bond donors (Lipinski definition) is 0. The Hall–Kier alpha value is -0.930. The smallest absolute Gasteiger partial charge is 0.0732 e. The van der Waals surface area contributed by atoms with Crippen LogP contribution in [0.15, 0.2) is 24.5 Å². The third kappa shape index (κ3) is 4.60. The number of ether oxygens (including phenoxy) is 1. The van der Waals surface area contributed by atoms with Gasteiger partial charge in [-0.3, -0.25) is 4.98 Å². The van der Waals surface area contributed by atoms with E-state index in [1.807, 2.05) is 32.4 Å². The first-order valence-corrected chi connectivity index (χ1v) is 4.40. The van der Waals surface area contributed by atoms with Gasteiger partial charge in [0, 0.05) is 18.9 Å². The van der Waals surface area contributed by atoms with Gasteiger partial charge in [-0.15, -0.1) is 0 Å². The molecule has 0 atom stereocenters. The van der Waals surface area contributed by atoms with Crippen molar-refractivity contribution in [2.45, 2.75) is 6.61 Å². The van der Waals surface area contributed by atoms with Gasteiger partial charge in [0.15, 0.2) is 0 Å². The van der Waals surface area contributed by atoms with Crippen LogP contribution in [0.1, 0.15) is 5.56 Å². The van der Waals surface area contributed by atoms with Crippen molar-refractivity contribution in [1.82, 2.24) is 9.88 Å². The SMILES string of the molecule is CN(C)CCOCc1cccnc1. The van der Waals surface area contributed by atoms with Crippen molar-refractivity contribution < 1.29 is 4.74 Å². The molecule has 0 N–H and O–H groups in total. The molecular weight excluding hydrogens is 164 g/mol. The Morgan fingerprint density at radius 1 is 1.46 bits per heavy atom. The second-order valence-corrected chi connectivity index (χ2v) is 3.22. The van der Waals surface area contributed by atoms with Crippen molar-refractivity contribution >= 4 is 0 Å². The topological polar surface area (TPSA) is 25.4 Å². The Labute approximate surface area is 79.3 Å². The van der Waals surface area contributed by atoms with Crippen molar-refractivity contribution in [3.63, 3.8) is 0 Å². The van der Waals surface area contributed by atoms with Crippen molar-refractivity contribution in [2.24, 2.45) is 0 Å². The van der Waals surface area contributed by atoms with Crippen molar-refractivity contribution in [1.29, 1.82) is 0 Å². The number of pyridine rings is 1. The van der Waals surface area contributed by atoms with Crippen molar-refractivity contribution in [3.8, 4) is 0 Å². The lowest BCUT2D eigenvalue weighted by atomic mass is 10.3. The fraction of sp³-hybridized carbons (Fsp3) is 0.500. The molecular formula is C10H16N2O. The highest BCUT2D eigenvalue weighted by Gasteiger charge is 1.93. The van der Waals surface area contributed by atoms with Gasteiger partial charge in [0.05, 0.1) is 13.2 Å². The van der Waals surface area contributed by atoms with Crippen LogP contribution in [-0.2, 0) is 11.3 Å². The van der Waals surface area contributed by atoms with Gasteiger partial charge in [0.25, 0.3) is 0 Å². The van der Waals surface area contributed by atoms with E-state index in [9.17, 15) is 0 Å². The first-order valence-electron chi connectivity index (χ1n) is 4.40. The van der Waals surface area contributed by atoms with Gasteiger partial charge in [-0.1, -0.05) is 6.07 Å². The number of nitrogens with zero attached hydrogens (tertiary/aromatic N) is 2. The van der Waals surface area contributed by atoms with Gasteiger partial charge < -0.3 is 9.64 Å². The summed E-state index contributed by atoms with van der Waals surface area (Å²) >= 11 is 0. The van der Waals surface area contributed by atoms with Gasteiger partial charge in [-0.25, -0.2) is 0 Å². The molecule has 0 aliphatic rings. The summed E-state index contributed by atoms with van der Waals surface area (Å²) in [7, 11) is 4.07.